The Morgan fingerprint density at radius 3 is 2.95 bits per heavy atom. The molecule has 1 heterocycles. The maximum absolute atomic E-state index is 10.8. The lowest BCUT2D eigenvalue weighted by molar-refractivity contribution is -0.150. The van der Waals surface area contributed by atoms with Crippen LogP contribution in [0.2, 0.25) is 0 Å². The number of aliphatic hydroxyl groups is 1. The van der Waals surface area contributed by atoms with Crippen LogP contribution in [0.3, 0.4) is 0 Å². The number of hydrogen-bond acceptors (Lipinski definition) is 4. The highest BCUT2D eigenvalue weighted by molar-refractivity contribution is 9.10. The highest BCUT2D eigenvalue weighted by Gasteiger charge is 2.27. The third-order valence-corrected chi connectivity index (χ3v) is 3.31. The Morgan fingerprint density at radius 1 is 1.47 bits per heavy atom. The number of rotatable bonds is 3. The van der Waals surface area contributed by atoms with Crippen molar-refractivity contribution >= 4 is 21.9 Å². The van der Waals surface area contributed by atoms with Crippen molar-refractivity contribution in [3.05, 3.63) is 46.5 Å². The summed E-state index contributed by atoms with van der Waals surface area (Å²) in [4.78, 5) is 10.8. The molecule has 1 aliphatic rings. The first-order valence-electron chi connectivity index (χ1n) is 5.97. The third-order valence-electron chi connectivity index (χ3n) is 2.81. The average molecular weight is 327 g/mol. The molecule has 0 aliphatic carbocycles. The molecule has 0 saturated heterocycles. The fraction of sp³-hybridized carbons (Fsp3) is 0.357. The van der Waals surface area contributed by atoms with Crippen molar-refractivity contribution < 1.29 is 19.4 Å². The van der Waals surface area contributed by atoms with E-state index in [1.54, 1.807) is 12.2 Å². The van der Waals surface area contributed by atoms with Gasteiger partial charge in [-0.15, -0.1) is 0 Å². The molecule has 3 unspecified atom stereocenters. The van der Waals surface area contributed by atoms with E-state index in [1.165, 1.54) is 6.92 Å². The summed E-state index contributed by atoms with van der Waals surface area (Å²) in [7, 11) is 0. The smallest absolute Gasteiger partial charge is 0.302 e. The van der Waals surface area contributed by atoms with Crippen LogP contribution in [-0.2, 0) is 14.3 Å². The summed E-state index contributed by atoms with van der Waals surface area (Å²) >= 11 is 3.41. The van der Waals surface area contributed by atoms with E-state index in [1.807, 2.05) is 24.3 Å². The molecule has 1 N–H and O–H groups in total. The molecule has 0 bridgehead atoms. The highest BCUT2D eigenvalue weighted by atomic mass is 79.9. The van der Waals surface area contributed by atoms with Gasteiger partial charge in [-0.3, -0.25) is 4.79 Å². The Balaban J connectivity index is 2.08. The second-order valence-corrected chi connectivity index (χ2v) is 5.24. The van der Waals surface area contributed by atoms with Crippen molar-refractivity contribution in [2.45, 2.75) is 25.2 Å². The molecule has 1 aromatic carbocycles. The molecule has 0 radical (unpaired) electrons. The molecule has 2 rings (SSSR count). The summed E-state index contributed by atoms with van der Waals surface area (Å²) < 4.78 is 11.6. The molecular formula is C14H15BrO4. The van der Waals surface area contributed by atoms with E-state index < -0.39 is 12.2 Å². The van der Waals surface area contributed by atoms with Gasteiger partial charge in [0.25, 0.3) is 0 Å². The van der Waals surface area contributed by atoms with Gasteiger partial charge in [0.1, 0.15) is 24.9 Å². The van der Waals surface area contributed by atoms with Crippen molar-refractivity contribution in [3.8, 4) is 0 Å². The standard InChI is InChI=1S/C14H15BrO4/c1-9(16)18-8-14-12(17)5-6-13(19-14)10-3-2-4-11(15)7-10/h2-7,12-14,17H,8H2,1H3. The molecule has 102 valence electrons. The Hall–Kier alpha value is -1.17. The summed E-state index contributed by atoms with van der Waals surface area (Å²) in [5, 5.41) is 9.79. The van der Waals surface area contributed by atoms with E-state index in [4.69, 9.17) is 9.47 Å². The van der Waals surface area contributed by atoms with Crippen LogP contribution in [0.4, 0.5) is 0 Å². The number of hydrogen-bond donors (Lipinski definition) is 1. The molecule has 19 heavy (non-hydrogen) atoms. The van der Waals surface area contributed by atoms with Crippen LogP contribution in [0.5, 0.6) is 0 Å². The molecule has 0 spiro atoms. The molecule has 1 aliphatic heterocycles. The van der Waals surface area contributed by atoms with Crippen LogP contribution < -0.4 is 0 Å². The van der Waals surface area contributed by atoms with Gasteiger partial charge in [-0.1, -0.05) is 40.2 Å². The number of carbonyl (C=O) groups is 1. The maximum Gasteiger partial charge on any atom is 0.302 e. The normalized spacial score (nSPS) is 26.2. The monoisotopic (exact) mass is 326 g/mol. The lowest BCUT2D eigenvalue weighted by Gasteiger charge is -2.29. The lowest BCUT2D eigenvalue weighted by atomic mass is 10.0. The van der Waals surface area contributed by atoms with E-state index in [-0.39, 0.29) is 18.7 Å². The number of esters is 1. The zero-order valence-corrected chi connectivity index (χ0v) is 12.0. The van der Waals surface area contributed by atoms with Crippen LogP contribution in [0.15, 0.2) is 40.9 Å². The first kappa shape index (κ1) is 14.2. The van der Waals surface area contributed by atoms with Crippen molar-refractivity contribution in [1.29, 1.82) is 0 Å². The molecule has 0 fully saturated rings. The zero-order valence-electron chi connectivity index (χ0n) is 10.5. The minimum atomic E-state index is -0.761. The quantitative estimate of drug-likeness (QED) is 0.684. The predicted molar refractivity (Wildman–Crippen MR) is 73.5 cm³/mol. The Labute approximate surface area is 120 Å². The minimum Gasteiger partial charge on any atom is -0.463 e. The molecular weight excluding hydrogens is 312 g/mol. The number of ether oxygens (including phenoxy) is 2. The van der Waals surface area contributed by atoms with E-state index in [2.05, 4.69) is 15.9 Å². The second-order valence-electron chi connectivity index (χ2n) is 4.33. The van der Waals surface area contributed by atoms with E-state index in [0.717, 1.165) is 10.0 Å². The number of halogens is 1. The SMILES string of the molecule is CC(=O)OCC1OC(c2cccc(Br)c2)C=CC1O. The maximum atomic E-state index is 10.8. The molecule has 3 atom stereocenters. The van der Waals surface area contributed by atoms with Gasteiger partial charge >= 0.3 is 5.97 Å². The summed E-state index contributed by atoms with van der Waals surface area (Å²) in [6.45, 7) is 1.38. The van der Waals surface area contributed by atoms with Gasteiger partial charge in [0, 0.05) is 11.4 Å². The van der Waals surface area contributed by atoms with Crippen molar-refractivity contribution in [2.75, 3.05) is 6.61 Å². The van der Waals surface area contributed by atoms with Crippen molar-refractivity contribution in [2.24, 2.45) is 0 Å². The fourth-order valence-corrected chi connectivity index (χ4v) is 2.28. The molecule has 5 heteroatoms. The number of benzene rings is 1. The zero-order chi connectivity index (χ0) is 13.8. The average Bonchev–Trinajstić information content (AvgIpc) is 2.37. The Bertz CT molecular complexity index is 486. The molecule has 0 saturated carbocycles. The number of aliphatic hydroxyl groups excluding tert-OH is 1. The van der Waals surface area contributed by atoms with Gasteiger partial charge in [-0.05, 0) is 17.7 Å². The minimum absolute atomic E-state index is 0.0470. The number of carbonyl (C=O) groups excluding carboxylic acids is 1. The van der Waals surface area contributed by atoms with Gasteiger partial charge in [0.2, 0.25) is 0 Å². The third kappa shape index (κ3) is 3.89. The summed E-state index contributed by atoms with van der Waals surface area (Å²) in [5.74, 6) is -0.385. The van der Waals surface area contributed by atoms with Gasteiger partial charge in [0.15, 0.2) is 0 Å². The van der Waals surface area contributed by atoms with Crippen LogP contribution in [0.25, 0.3) is 0 Å². The first-order valence-corrected chi connectivity index (χ1v) is 6.76. The summed E-state index contributed by atoms with van der Waals surface area (Å²) in [6, 6.07) is 7.75. The highest BCUT2D eigenvalue weighted by Crippen LogP contribution is 2.28. The van der Waals surface area contributed by atoms with Crippen LogP contribution in [0, 0.1) is 0 Å². The topological polar surface area (TPSA) is 55.8 Å². The molecule has 0 amide bonds. The van der Waals surface area contributed by atoms with E-state index in [0.29, 0.717) is 0 Å². The second kappa shape index (κ2) is 6.32. The summed E-state index contributed by atoms with van der Waals surface area (Å²) in [5.41, 5.74) is 0.977. The van der Waals surface area contributed by atoms with Crippen molar-refractivity contribution in [1.82, 2.24) is 0 Å². The van der Waals surface area contributed by atoms with E-state index >= 15 is 0 Å². The van der Waals surface area contributed by atoms with Gasteiger partial charge in [0.05, 0.1) is 0 Å². The van der Waals surface area contributed by atoms with E-state index in [9.17, 15) is 9.90 Å². The summed E-state index contributed by atoms with van der Waals surface area (Å²) in [6.07, 6.45) is 1.92. The lowest BCUT2D eigenvalue weighted by Crippen LogP contribution is -2.36. The van der Waals surface area contributed by atoms with Crippen LogP contribution in [-0.4, -0.2) is 29.9 Å². The molecule has 0 aromatic heterocycles. The van der Waals surface area contributed by atoms with Gasteiger partial charge in [-0.2, -0.15) is 0 Å². The van der Waals surface area contributed by atoms with Gasteiger partial charge < -0.3 is 14.6 Å². The first-order chi connectivity index (χ1) is 9.06. The van der Waals surface area contributed by atoms with Crippen LogP contribution >= 0.6 is 15.9 Å². The molecule has 4 nitrogen and oxygen atoms in total. The predicted octanol–water partition coefficient (Wildman–Crippen LogP) is 2.37. The Kier molecular flexibility index (Phi) is 4.74. The fourth-order valence-electron chi connectivity index (χ4n) is 1.86. The van der Waals surface area contributed by atoms with Crippen LogP contribution in [0.1, 0.15) is 18.6 Å². The Morgan fingerprint density at radius 2 is 2.26 bits per heavy atom. The van der Waals surface area contributed by atoms with Gasteiger partial charge in [-0.25, -0.2) is 0 Å². The molecule has 1 aromatic rings. The largest absolute Gasteiger partial charge is 0.463 e. The van der Waals surface area contributed by atoms with Crippen molar-refractivity contribution in [3.63, 3.8) is 0 Å².